The number of nitrogens with one attached hydrogen (secondary N) is 2. The molecule has 2 heterocycles. The number of nitrogens with zero attached hydrogens (tertiary/aromatic N) is 3. The molecular weight excluding hydrogens is 310 g/mol. The first-order valence-electron chi connectivity index (χ1n) is 9.90. The zero-order valence-electron chi connectivity index (χ0n) is 16.2. The minimum atomic E-state index is 0.445. The number of aliphatic imine (C=N–C) groups is 1. The lowest BCUT2D eigenvalue weighted by Gasteiger charge is -2.19. The van der Waals surface area contributed by atoms with Crippen molar-refractivity contribution >= 4 is 11.8 Å². The van der Waals surface area contributed by atoms with Crippen molar-refractivity contribution in [3.05, 3.63) is 23.9 Å². The average Bonchev–Trinajstić information content (AvgIpc) is 3.17. The molecule has 2 rings (SSSR count). The molecule has 5 heteroatoms. The van der Waals surface area contributed by atoms with Crippen molar-refractivity contribution < 1.29 is 0 Å². The molecule has 2 N–H and O–H groups in total. The molecule has 1 aliphatic rings. The summed E-state index contributed by atoms with van der Waals surface area (Å²) in [6.07, 6.45) is 10.9. The Morgan fingerprint density at radius 3 is 2.80 bits per heavy atom. The van der Waals surface area contributed by atoms with Crippen LogP contribution in [0, 0.1) is 0 Å². The Labute approximate surface area is 153 Å². The number of unbranched alkanes of at least 4 members (excludes halogenated alkanes) is 3. The van der Waals surface area contributed by atoms with Crippen molar-refractivity contribution in [1.29, 1.82) is 0 Å². The maximum Gasteiger partial charge on any atom is 0.191 e. The van der Waals surface area contributed by atoms with Gasteiger partial charge in [0.05, 0.1) is 0 Å². The van der Waals surface area contributed by atoms with Crippen molar-refractivity contribution in [1.82, 2.24) is 15.6 Å². The molecule has 1 aromatic rings. The predicted octanol–water partition coefficient (Wildman–Crippen LogP) is 3.71. The normalized spacial score (nSPS) is 16.1. The fraction of sp³-hybridized carbons (Fsp3) is 0.700. The van der Waals surface area contributed by atoms with E-state index in [0.717, 1.165) is 31.4 Å². The zero-order valence-corrected chi connectivity index (χ0v) is 16.2. The van der Waals surface area contributed by atoms with Crippen LogP contribution in [0.5, 0.6) is 0 Å². The smallest absolute Gasteiger partial charge is 0.191 e. The summed E-state index contributed by atoms with van der Waals surface area (Å²) in [6.45, 7) is 7.51. The molecule has 0 saturated carbocycles. The summed E-state index contributed by atoms with van der Waals surface area (Å²) in [5.41, 5.74) is 1.25. The van der Waals surface area contributed by atoms with Crippen molar-refractivity contribution in [3.8, 4) is 0 Å². The van der Waals surface area contributed by atoms with Gasteiger partial charge in [0.25, 0.3) is 0 Å². The zero-order chi connectivity index (χ0) is 17.9. The summed E-state index contributed by atoms with van der Waals surface area (Å²) < 4.78 is 0. The van der Waals surface area contributed by atoms with Crippen LogP contribution in [0.4, 0.5) is 5.82 Å². The molecule has 1 unspecified atom stereocenters. The summed E-state index contributed by atoms with van der Waals surface area (Å²) in [5, 5.41) is 6.92. The van der Waals surface area contributed by atoms with E-state index in [1.54, 1.807) is 0 Å². The molecule has 0 amide bonds. The molecule has 5 nitrogen and oxygen atoms in total. The lowest BCUT2D eigenvalue weighted by atomic mass is 10.1. The number of anilines is 1. The maximum absolute atomic E-state index is 4.52. The van der Waals surface area contributed by atoms with Crippen molar-refractivity contribution in [3.63, 3.8) is 0 Å². The highest BCUT2D eigenvalue weighted by Gasteiger charge is 2.13. The van der Waals surface area contributed by atoms with E-state index in [9.17, 15) is 0 Å². The van der Waals surface area contributed by atoms with Crippen LogP contribution in [0.1, 0.15) is 64.4 Å². The number of guanidine groups is 1. The molecule has 0 bridgehead atoms. The van der Waals surface area contributed by atoms with E-state index in [4.69, 9.17) is 0 Å². The van der Waals surface area contributed by atoms with Crippen LogP contribution in [0.2, 0.25) is 0 Å². The highest BCUT2D eigenvalue weighted by molar-refractivity contribution is 5.79. The average molecular weight is 346 g/mol. The third-order valence-corrected chi connectivity index (χ3v) is 4.80. The number of hydrogen-bond acceptors (Lipinski definition) is 3. The van der Waals surface area contributed by atoms with Gasteiger partial charge in [-0.3, -0.25) is 4.99 Å². The van der Waals surface area contributed by atoms with Gasteiger partial charge in [0, 0.05) is 38.9 Å². The van der Waals surface area contributed by atoms with Crippen LogP contribution in [0.3, 0.4) is 0 Å². The molecule has 0 radical (unpaired) electrons. The summed E-state index contributed by atoms with van der Waals surface area (Å²) in [6, 6.07) is 4.72. The highest BCUT2D eigenvalue weighted by atomic mass is 15.2. The van der Waals surface area contributed by atoms with E-state index in [0.29, 0.717) is 6.04 Å². The Bertz CT molecular complexity index is 523. The van der Waals surface area contributed by atoms with Crippen molar-refractivity contribution in [2.45, 2.75) is 71.4 Å². The second-order valence-corrected chi connectivity index (χ2v) is 7.04. The van der Waals surface area contributed by atoms with Gasteiger partial charge < -0.3 is 15.5 Å². The Morgan fingerprint density at radius 2 is 2.08 bits per heavy atom. The fourth-order valence-electron chi connectivity index (χ4n) is 3.25. The highest BCUT2D eigenvalue weighted by Crippen LogP contribution is 2.18. The van der Waals surface area contributed by atoms with Crippen LogP contribution >= 0.6 is 0 Å². The van der Waals surface area contributed by atoms with Gasteiger partial charge in [-0.25, -0.2) is 4.98 Å². The second-order valence-electron chi connectivity index (χ2n) is 7.04. The minimum Gasteiger partial charge on any atom is -0.357 e. The number of hydrogen-bond donors (Lipinski definition) is 2. The van der Waals surface area contributed by atoms with E-state index in [2.05, 4.69) is 51.5 Å². The molecule has 1 aromatic heterocycles. The number of pyridine rings is 1. The van der Waals surface area contributed by atoms with Gasteiger partial charge in [0.15, 0.2) is 5.96 Å². The summed E-state index contributed by atoms with van der Waals surface area (Å²) in [7, 11) is 1.83. The van der Waals surface area contributed by atoms with Crippen LogP contribution in [0.25, 0.3) is 0 Å². The topological polar surface area (TPSA) is 52.6 Å². The third kappa shape index (κ3) is 6.92. The third-order valence-electron chi connectivity index (χ3n) is 4.80. The lowest BCUT2D eigenvalue weighted by Crippen LogP contribution is -2.41. The molecule has 25 heavy (non-hydrogen) atoms. The lowest BCUT2D eigenvalue weighted by molar-refractivity contribution is 0.537. The molecule has 1 aliphatic heterocycles. The molecule has 0 aromatic carbocycles. The van der Waals surface area contributed by atoms with Gasteiger partial charge in [-0.15, -0.1) is 0 Å². The van der Waals surface area contributed by atoms with Crippen LogP contribution in [-0.4, -0.2) is 37.1 Å². The minimum absolute atomic E-state index is 0.445. The molecule has 0 spiro atoms. The predicted molar refractivity (Wildman–Crippen MR) is 107 cm³/mol. The number of aromatic nitrogens is 1. The van der Waals surface area contributed by atoms with Crippen LogP contribution in [-0.2, 0) is 6.54 Å². The Kier molecular flexibility index (Phi) is 8.56. The van der Waals surface area contributed by atoms with Gasteiger partial charge in [-0.1, -0.05) is 32.6 Å². The largest absolute Gasteiger partial charge is 0.357 e. The van der Waals surface area contributed by atoms with Gasteiger partial charge in [0.2, 0.25) is 0 Å². The summed E-state index contributed by atoms with van der Waals surface area (Å²) in [4.78, 5) is 11.2. The molecule has 0 aliphatic carbocycles. The van der Waals surface area contributed by atoms with E-state index >= 15 is 0 Å². The molecule has 1 fully saturated rings. The van der Waals surface area contributed by atoms with Gasteiger partial charge >= 0.3 is 0 Å². The Balaban J connectivity index is 1.77. The van der Waals surface area contributed by atoms with Crippen molar-refractivity contribution in [2.24, 2.45) is 4.99 Å². The first-order valence-corrected chi connectivity index (χ1v) is 9.90. The SMILES string of the molecule is CCCCCCC(C)NC(=NC)NCc1ccnc(N2CCCC2)c1. The van der Waals surface area contributed by atoms with Gasteiger partial charge in [0.1, 0.15) is 5.82 Å². The Hall–Kier alpha value is -1.78. The molecule has 140 valence electrons. The molecule has 1 atom stereocenters. The summed E-state index contributed by atoms with van der Waals surface area (Å²) >= 11 is 0. The first kappa shape index (κ1) is 19.5. The molecular formula is C20H35N5. The monoisotopic (exact) mass is 345 g/mol. The maximum atomic E-state index is 4.52. The van der Waals surface area contributed by atoms with Gasteiger partial charge in [-0.05, 0) is 43.9 Å². The molecule has 1 saturated heterocycles. The number of rotatable bonds is 9. The van der Waals surface area contributed by atoms with E-state index in [-0.39, 0.29) is 0 Å². The second kappa shape index (κ2) is 11.0. The van der Waals surface area contributed by atoms with Gasteiger partial charge in [-0.2, -0.15) is 0 Å². The first-order chi connectivity index (χ1) is 12.2. The quantitative estimate of drug-likeness (QED) is 0.407. The fourth-order valence-corrected chi connectivity index (χ4v) is 3.25. The van der Waals surface area contributed by atoms with Crippen LogP contribution < -0.4 is 15.5 Å². The van der Waals surface area contributed by atoms with Crippen LogP contribution in [0.15, 0.2) is 23.3 Å². The summed E-state index contributed by atoms with van der Waals surface area (Å²) in [5.74, 6) is 1.98. The standard InChI is InChI=1S/C20H35N5/c1-4-5-6-7-10-17(2)24-20(21-3)23-16-18-11-12-22-19(15-18)25-13-8-9-14-25/h11-12,15,17H,4-10,13-14,16H2,1-3H3,(H2,21,23,24). The van der Waals surface area contributed by atoms with E-state index in [1.807, 2.05) is 13.2 Å². The van der Waals surface area contributed by atoms with E-state index in [1.165, 1.54) is 50.5 Å². The Morgan fingerprint density at radius 1 is 1.28 bits per heavy atom. The van der Waals surface area contributed by atoms with Crippen molar-refractivity contribution in [2.75, 3.05) is 25.0 Å². The van der Waals surface area contributed by atoms with E-state index < -0.39 is 0 Å².